The van der Waals surface area contributed by atoms with Crippen molar-refractivity contribution in [3.05, 3.63) is 45.7 Å². The van der Waals surface area contributed by atoms with Gasteiger partial charge in [-0.2, -0.15) is 5.10 Å². The molecule has 0 spiro atoms. The minimum absolute atomic E-state index is 0.0439. The number of benzene rings is 1. The molecule has 0 bridgehead atoms. The molecule has 0 radical (unpaired) electrons. The largest absolute Gasteiger partial charge is 0.496 e. The predicted octanol–water partition coefficient (Wildman–Crippen LogP) is 3.68. The van der Waals surface area contributed by atoms with Crippen molar-refractivity contribution in [2.75, 3.05) is 13.7 Å². The lowest BCUT2D eigenvalue weighted by Crippen LogP contribution is -2.25. The van der Waals surface area contributed by atoms with Crippen LogP contribution in [0.15, 0.2) is 28.9 Å². The van der Waals surface area contributed by atoms with Crippen molar-refractivity contribution in [1.29, 1.82) is 0 Å². The number of rotatable bonds is 6. The van der Waals surface area contributed by atoms with E-state index in [1.165, 1.54) is 5.56 Å². The highest BCUT2D eigenvalue weighted by atomic mass is 79.9. The zero-order chi connectivity index (χ0) is 15.4. The summed E-state index contributed by atoms with van der Waals surface area (Å²) in [6.45, 7) is 7.97. The van der Waals surface area contributed by atoms with E-state index >= 15 is 0 Å². The molecular weight excluding hydrogens is 330 g/mol. The van der Waals surface area contributed by atoms with Crippen LogP contribution in [0.5, 0.6) is 5.75 Å². The van der Waals surface area contributed by atoms with Crippen LogP contribution in [0.3, 0.4) is 0 Å². The van der Waals surface area contributed by atoms with E-state index in [2.05, 4.69) is 65.3 Å². The first kappa shape index (κ1) is 16.0. The van der Waals surface area contributed by atoms with Crippen molar-refractivity contribution in [2.45, 2.75) is 33.4 Å². The summed E-state index contributed by atoms with van der Waals surface area (Å²) in [6.07, 6.45) is 1.85. The molecule has 0 aliphatic carbocycles. The lowest BCUT2D eigenvalue weighted by Gasteiger charge is -2.22. The molecule has 4 nitrogen and oxygen atoms in total. The van der Waals surface area contributed by atoms with Crippen LogP contribution in [-0.2, 0) is 6.54 Å². The topological polar surface area (TPSA) is 39.1 Å². The Morgan fingerprint density at radius 2 is 2.14 bits per heavy atom. The molecule has 0 saturated carbocycles. The van der Waals surface area contributed by atoms with Crippen LogP contribution in [0.4, 0.5) is 0 Å². The number of ether oxygens (including phenoxy) is 1. The van der Waals surface area contributed by atoms with Gasteiger partial charge in [0.15, 0.2) is 0 Å². The molecule has 0 saturated heterocycles. The van der Waals surface area contributed by atoms with E-state index in [1.54, 1.807) is 7.11 Å². The minimum atomic E-state index is 0.0439. The molecule has 21 heavy (non-hydrogen) atoms. The first-order chi connectivity index (χ1) is 10.1. The summed E-state index contributed by atoms with van der Waals surface area (Å²) in [5, 5.41) is 7.97. The molecular formula is C16H22BrN3O. The number of nitrogens with zero attached hydrogens (tertiary/aromatic N) is 2. The highest BCUT2D eigenvalue weighted by molar-refractivity contribution is 9.10. The maximum Gasteiger partial charge on any atom is 0.124 e. The highest BCUT2D eigenvalue weighted by Crippen LogP contribution is 2.34. The molecule has 1 aromatic carbocycles. The second-order valence-corrected chi connectivity index (χ2v) is 5.78. The molecule has 2 rings (SSSR count). The number of hydrogen-bond donors (Lipinski definition) is 1. The van der Waals surface area contributed by atoms with Gasteiger partial charge in [-0.05, 0) is 48.0 Å². The number of nitrogens with one attached hydrogen (secondary N) is 1. The summed E-state index contributed by atoms with van der Waals surface area (Å²) < 4.78 is 8.60. The van der Waals surface area contributed by atoms with Crippen LogP contribution in [0.2, 0.25) is 0 Å². The smallest absolute Gasteiger partial charge is 0.124 e. The lowest BCUT2D eigenvalue weighted by atomic mass is 10.0. The molecule has 1 aromatic heterocycles. The molecule has 0 fully saturated rings. The molecule has 0 aliphatic rings. The van der Waals surface area contributed by atoms with E-state index < -0.39 is 0 Å². The minimum Gasteiger partial charge on any atom is -0.496 e. The van der Waals surface area contributed by atoms with Gasteiger partial charge in [-0.15, -0.1) is 0 Å². The van der Waals surface area contributed by atoms with E-state index in [0.29, 0.717) is 0 Å². The van der Waals surface area contributed by atoms with Crippen LogP contribution in [0.25, 0.3) is 0 Å². The van der Waals surface area contributed by atoms with Crippen LogP contribution in [-0.4, -0.2) is 23.4 Å². The van der Waals surface area contributed by atoms with Gasteiger partial charge in [-0.25, -0.2) is 0 Å². The highest BCUT2D eigenvalue weighted by Gasteiger charge is 2.23. The molecule has 0 aliphatic heterocycles. The Morgan fingerprint density at radius 1 is 1.38 bits per heavy atom. The number of halogens is 1. The third-order valence-corrected chi connectivity index (χ3v) is 4.13. The van der Waals surface area contributed by atoms with E-state index in [4.69, 9.17) is 4.74 Å². The molecule has 1 N–H and O–H groups in total. The standard InChI is InChI=1S/C16H22BrN3O/c1-5-18-15(16-13(17)10-19-20(16)6-2)12-8-7-11(3)9-14(12)21-4/h7-10,15,18H,5-6H2,1-4H3. The fraction of sp³-hybridized carbons (Fsp3) is 0.438. The maximum absolute atomic E-state index is 5.58. The lowest BCUT2D eigenvalue weighted by molar-refractivity contribution is 0.401. The third-order valence-electron chi connectivity index (χ3n) is 3.51. The monoisotopic (exact) mass is 351 g/mol. The second kappa shape index (κ2) is 7.09. The molecule has 0 amide bonds. The zero-order valence-corrected chi connectivity index (χ0v) is 14.6. The third kappa shape index (κ3) is 3.30. The van der Waals surface area contributed by atoms with Crippen molar-refractivity contribution < 1.29 is 4.74 Å². The summed E-state index contributed by atoms with van der Waals surface area (Å²) in [6, 6.07) is 6.35. The van der Waals surface area contributed by atoms with Gasteiger partial charge >= 0.3 is 0 Å². The van der Waals surface area contributed by atoms with Gasteiger partial charge in [-0.1, -0.05) is 19.1 Å². The van der Waals surface area contributed by atoms with Crippen molar-refractivity contribution >= 4 is 15.9 Å². The summed E-state index contributed by atoms with van der Waals surface area (Å²) in [5.41, 5.74) is 3.44. The molecule has 114 valence electrons. The summed E-state index contributed by atoms with van der Waals surface area (Å²) in [7, 11) is 1.72. The fourth-order valence-electron chi connectivity index (χ4n) is 2.53. The van der Waals surface area contributed by atoms with E-state index in [1.807, 2.05) is 10.9 Å². The van der Waals surface area contributed by atoms with E-state index in [9.17, 15) is 0 Å². The number of aryl methyl sites for hydroxylation is 2. The first-order valence-corrected chi connectivity index (χ1v) is 8.00. The van der Waals surface area contributed by atoms with Gasteiger partial charge in [-0.3, -0.25) is 4.68 Å². The number of hydrogen-bond acceptors (Lipinski definition) is 3. The van der Waals surface area contributed by atoms with Gasteiger partial charge in [0.1, 0.15) is 5.75 Å². The van der Waals surface area contributed by atoms with Crippen LogP contribution in [0, 0.1) is 6.92 Å². The Balaban J connectivity index is 2.56. The van der Waals surface area contributed by atoms with Gasteiger partial charge < -0.3 is 10.1 Å². The number of aromatic nitrogens is 2. The van der Waals surface area contributed by atoms with E-state index in [-0.39, 0.29) is 6.04 Å². The summed E-state index contributed by atoms with van der Waals surface area (Å²) in [4.78, 5) is 0. The summed E-state index contributed by atoms with van der Waals surface area (Å²) in [5.74, 6) is 0.900. The van der Waals surface area contributed by atoms with Crippen LogP contribution in [0.1, 0.15) is 36.7 Å². The summed E-state index contributed by atoms with van der Waals surface area (Å²) >= 11 is 3.62. The van der Waals surface area contributed by atoms with Gasteiger partial charge in [0.25, 0.3) is 0 Å². The Hall–Kier alpha value is -1.33. The Kier molecular flexibility index (Phi) is 5.42. The Bertz CT molecular complexity index is 610. The Morgan fingerprint density at radius 3 is 2.76 bits per heavy atom. The predicted molar refractivity (Wildman–Crippen MR) is 88.9 cm³/mol. The fourth-order valence-corrected chi connectivity index (χ4v) is 3.05. The van der Waals surface area contributed by atoms with Gasteiger partial charge in [0.2, 0.25) is 0 Å². The molecule has 2 aromatic rings. The van der Waals surface area contributed by atoms with E-state index in [0.717, 1.165) is 34.6 Å². The van der Waals surface area contributed by atoms with Crippen molar-refractivity contribution in [2.24, 2.45) is 0 Å². The van der Waals surface area contributed by atoms with Crippen LogP contribution >= 0.6 is 15.9 Å². The average molecular weight is 352 g/mol. The van der Waals surface area contributed by atoms with Crippen molar-refractivity contribution in [1.82, 2.24) is 15.1 Å². The quantitative estimate of drug-likeness (QED) is 0.862. The van der Waals surface area contributed by atoms with Crippen molar-refractivity contribution in [3.8, 4) is 5.75 Å². The maximum atomic E-state index is 5.58. The second-order valence-electron chi connectivity index (χ2n) is 4.93. The first-order valence-electron chi connectivity index (χ1n) is 7.21. The SMILES string of the molecule is CCNC(c1ccc(C)cc1OC)c1c(Br)cnn1CC. The van der Waals surface area contributed by atoms with Gasteiger partial charge in [0.05, 0.1) is 29.5 Å². The van der Waals surface area contributed by atoms with Crippen molar-refractivity contribution in [3.63, 3.8) is 0 Å². The molecule has 1 atom stereocenters. The van der Waals surface area contributed by atoms with Crippen LogP contribution < -0.4 is 10.1 Å². The normalized spacial score (nSPS) is 12.4. The molecule has 5 heteroatoms. The molecule has 1 unspecified atom stereocenters. The molecule has 1 heterocycles. The average Bonchev–Trinajstić information content (AvgIpc) is 2.86. The van der Waals surface area contributed by atoms with Gasteiger partial charge in [0, 0.05) is 12.1 Å². The zero-order valence-electron chi connectivity index (χ0n) is 13.0. The Labute approximate surface area is 134 Å². The number of methoxy groups -OCH3 is 1.